The zero-order valence-electron chi connectivity index (χ0n) is 18.2. The molecule has 33 heavy (non-hydrogen) atoms. The Morgan fingerprint density at radius 1 is 1.12 bits per heavy atom. The van der Waals surface area contributed by atoms with E-state index in [1.807, 2.05) is 42.7 Å². The van der Waals surface area contributed by atoms with Gasteiger partial charge in [-0.15, -0.1) is 0 Å². The fourth-order valence-electron chi connectivity index (χ4n) is 4.80. The van der Waals surface area contributed by atoms with Gasteiger partial charge in [0.15, 0.2) is 11.3 Å². The van der Waals surface area contributed by atoms with Crippen LogP contribution >= 0.6 is 11.6 Å². The van der Waals surface area contributed by atoms with Crippen LogP contribution in [0.4, 0.5) is 4.79 Å². The lowest BCUT2D eigenvalue weighted by Crippen LogP contribution is -2.47. The highest BCUT2D eigenvalue weighted by Gasteiger charge is 2.55. The maximum atomic E-state index is 13.5. The molecule has 1 spiro atoms. The summed E-state index contributed by atoms with van der Waals surface area (Å²) in [5.41, 5.74) is 2.28. The molecule has 1 saturated heterocycles. The van der Waals surface area contributed by atoms with Crippen molar-refractivity contribution >= 4 is 29.3 Å². The number of hydrogen-bond acceptors (Lipinski definition) is 4. The number of ketones is 1. The molecule has 0 aliphatic carbocycles. The zero-order valence-corrected chi connectivity index (χ0v) is 19.0. The van der Waals surface area contributed by atoms with Crippen molar-refractivity contribution in [3.05, 3.63) is 82.1 Å². The van der Waals surface area contributed by atoms with Crippen molar-refractivity contribution < 1.29 is 19.1 Å². The minimum atomic E-state index is -1.20. The molecule has 1 aromatic heterocycles. The summed E-state index contributed by atoms with van der Waals surface area (Å²) in [5.74, 6) is -0.173. The van der Waals surface area contributed by atoms with Crippen LogP contribution in [0.15, 0.2) is 54.6 Å². The van der Waals surface area contributed by atoms with Crippen molar-refractivity contribution in [2.24, 2.45) is 0 Å². The summed E-state index contributed by atoms with van der Waals surface area (Å²) >= 11 is 6.14. The van der Waals surface area contributed by atoms with Crippen LogP contribution in [0.1, 0.15) is 33.7 Å². The van der Waals surface area contributed by atoms with Crippen molar-refractivity contribution in [2.45, 2.75) is 25.8 Å². The van der Waals surface area contributed by atoms with E-state index in [1.54, 1.807) is 30.3 Å². The zero-order chi connectivity index (χ0) is 23.3. The van der Waals surface area contributed by atoms with E-state index in [0.717, 1.165) is 22.0 Å². The van der Waals surface area contributed by atoms with Gasteiger partial charge in [-0.05, 0) is 44.2 Å². The molecule has 0 radical (unpaired) electrons. The Morgan fingerprint density at radius 2 is 1.91 bits per heavy atom. The third kappa shape index (κ3) is 3.31. The molecule has 7 nitrogen and oxygen atoms in total. The van der Waals surface area contributed by atoms with Crippen molar-refractivity contribution in [3.8, 4) is 11.4 Å². The van der Waals surface area contributed by atoms with E-state index in [1.165, 1.54) is 0 Å². The lowest BCUT2D eigenvalue weighted by atomic mass is 9.84. The number of Topliss-reactive ketones (excluding diaryl/α,β-unsaturated/α-hetero) is 1. The predicted octanol–water partition coefficient (Wildman–Crippen LogP) is 4.16. The number of urea groups is 1. The molecule has 168 valence electrons. The van der Waals surface area contributed by atoms with E-state index < -0.39 is 17.5 Å². The first-order valence-electron chi connectivity index (χ1n) is 10.7. The van der Waals surface area contributed by atoms with Gasteiger partial charge in [-0.2, -0.15) is 0 Å². The highest BCUT2D eigenvalue weighted by molar-refractivity contribution is 6.30. The summed E-state index contributed by atoms with van der Waals surface area (Å²) in [4.78, 5) is 40.6. The molecule has 3 aromatic rings. The highest BCUT2D eigenvalue weighted by Crippen LogP contribution is 2.41. The number of aromatic nitrogens is 1. The Labute approximate surface area is 195 Å². The first kappa shape index (κ1) is 21.3. The number of nitrogens with zero attached hydrogens (tertiary/aromatic N) is 2. The van der Waals surface area contributed by atoms with Gasteiger partial charge < -0.3 is 14.6 Å². The Morgan fingerprint density at radius 3 is 2.70 bits per heavy atom. The largest absolute Gasteiger partial charge is 0.493 e. The molecule has 3 amide bonds. The summed E-state index contributed by atoms with van der Waals surface area (Å²) < 4.78 is 7.59. The van der Waals surface area contributed by atoms with Gasteiger partial charge in [-0.3, -0.25) is 14.5 Å². The Bertz CT molecular complexity index is 1310. The molecule has 2 aliphatic heterocycles. The molecular formula is C25H22ClN3O4. The van der Waals surface area contributed by atoms with Gasteiger partial charge in [-0.25, -0.2) is 4.79 Å². The number of aryl methyl sites for hydroxylation is 1. The lowest BCUT2D eigenvalue weighted by molar-refractivity contribution is -0.132. The highest BCUT2D eigenvalue weighted by atomic mass is 35.5. The number of fused-ring (bicyclic) bond motifs is 2. The molecule has 1 N–H and O–H groups in total. The van der Waals surface area contributed by atoms with E-state index in [-0.39, 0.29) is 12.3 Å². The molecule has 1 atom stereocenters. The smallest absolute Gasteiger partial charge is 0.325 e. The first-order chi connectivity index (χ1) is 15.8. The first-order valence-corrected chi connectivity index (χ1v) is 11.0. The quantitative estimate of drug-likeness (QED) is 0.465. The summed E-state index contributed by atoms with van der Waals surface area (Å²) in [6.07, 6.45) is 0.308. The molecule has 0 saturated carbocycles. The fourth-order valence-corrected chi connectivity index (χ4v) is 4.99. The predicted molar refractivity (Wildman–Crippen MR) is 123 cm³/mol. The van der Waals surface area contributed by atoms with Gasteiger partial charge in [0.2, 0.25) is 0 Å². The van der Waals surface area contributed by atoms with E-state index >= 15 is 0 Å². The number of nitrogens with one attached hydrogen (secondary N) is 1. The molecule has 2 aromatic carbocycles. The number of ether oxygens (including phenoxy) is 1. The van der Waals surface area contributed by atoms with E-state index in [4.69, 9.17) is 16.3 Å². The minimum Gasteiger partial charge on any atom is -0.493 e. The topological polar surface area (TPSA) is 80.6 Å². The number of halogens is 1. The fraction of sp³-hybridized carbons (Fsp3) is 0.240. The Balaban J connectivity index is 1.44. The minimum absolute atomic E-state index is 0.297. The second-order valence-electron chi connectivity index (χ2n) is 8.34. The van der Waals surface area contributed by atoms with E-state index in [0.29, 0.717) is 34.9 Å². The normalized spacial score (nSPS) is 19.4. The van der Waals surface area contributed by atoms with Gasteiger partial charge in [0.1, 0.15) is 5.75 Å². The monoisotopic (exact) mass is 463 g/mol. The number of carbonyl (C=O) groups is 3. The van der Waals surface area contributed by atoms with Gasteiger partial charge in [0.05, 0.1) is 13.2 Å². The van der Waals surface area contributed by atoms with Gasteiger partial charge in [-0.1, -0.05) is 35.9 Å². The lowest BCUT2D eigenvalue weighted by Gasteiger charge is -2.33. The molecule has 8 heteroatoms. The number of carbonyl (C=O) groups excluding carboxylic acids is 3. The molecule has 2 aliphatic rings. The Hall–Kier alpha value is -3.58. The van der Waals surface area contributed by atoms with Crippen LogP contribution in [-0.4, -0.2) is 40.3 Å². The van der Waals surface area contributed by atoms with Gasteiger partial charge in [0, 0.05) is 39.6 Å². The van der Waals surface area contributed by atoms with Gasteiger partial charge in [0.25, 0.3) is 5.91 Å². The Kier molecular flexibility index (Phi) is 5.01. The molecule has 3 heterocycles. The molecule has 1 fully saturated rings. The maximum absolute atomic E-state index is 13.5. The van der Waals surface area contributed by atoms with E-state index in [9.17, 15) is 14.4 Å². The molecule has 1 unspecified atom stereocenters. The third-order valence-electron chi connectivity index (χ3n) is 6.36. The number of amides is 3. The second kappa shape index (κ2) is 7.78. The van der Waals surface area contributed by atoms with Crippen molar-refractivity contribution in [2.75, 3.05) is 13.2 Å². The second-order valence-corrected chi connectivity index (χ2v) is 8.78. The summed E-state index contributed by atoms with van der Waals surface area (Å²) in [6, 6.07) is 15.7. The van der Waals surface area contributed by atoms with Crippen LogP contribution in [0.2, 0.25) is 5.02 Å². The van der Waals surface area contributed by atoms with Crippen LogP contribution in [0.5, 0.6) is 5.75 Å². The molecule has 5 rings (SSSR count). The summed E-state index contributed by atoms with van der Waals surface area (Å²) in [6.45, 7) is 3.69. The van der Waals surface area contributed by atoms with Crippen LogP contribution in [0.3, 0.4) is 0 Å². The van der Waals surface area contributed by atoms with Crippen LogP contribution in [0.25, 0.3) is 5.69 Å². The van der Waals surface area contributed by atoms with Crippen LogP contribution in [-0.2, 0) is 10.3 Å². The maximum Gasteiger partial charge on any atom is 0.325 e. The van der Waals surface area contributed by atoms with Crippen molar-refractivity contribution in [3.63, 3.8) is 0 Å². The summed E-state index contributed by atoms with van der Waals surface area (Å²) in [7, 11) is 0. The third-order valence-corrected chi connectivity index (χ3v) is 6.59. The summed E-state index contributed by atoms with van der Waals surface area (Å²) in [5, 5.41) is 3.42. The van der Waals surface area contributed by atoms with Gasteiger partial charge >= 0.3 is 6.03 Å². The van der Waals surface area contributed by atoms with Crippen molar-refractivity contribution in [1.82, 2.24) is 14.8 Å². The molecule has 0 bridgehead atoms. The number of hydrogen-bond donors (Lipinski definition) is 1. The van der Waals surface area contributed by atoms with Crippen molar-refractivity contribution in [1.29, 1.82) is 0 Å². The van der Waals surface area contributed by atoms with E-state index in [2.05, 4.69) is 5.32 Å². The SMILES string of the molecule is Cc1cc(C(=O)CN2C(=O)NC3(CCOc4ccccc43)C2=O)c(C)n1-c1cccc(Cl)c1. The standard InChI is InChI=1S/C25H22ClN3O4/c1-15-12-19(16(2)29(15)18-7-5-6-17(26)13-18)21(30)14-28-23(31)25(27-24(28)32)10-11-33-22-9-4-3-8-20(22)25/h3-9,12-13H,10-11,14H2,1-2H3,(H,27,32). The number of imide groups is 1. The number of benzene rings is 2. The molecular weight excluding hydrogens is 442 g/mol. The average molecular weight is 464 g/mol. The number of para-hydroxylation sites is 1. The number of rotatable bonds is 4. The van der Waals surface area contributed by atoms with Crippen LogP contribution < -0.4 is 10.1 Å². The average Bonchev–Trinajstić information content (AvgIpc) is 3.22. The van der Waals surface area contributed by atoms with Crippen LogP contribution in [0, 0.1) is 13.8 Å².